The van der Waals surface area contributed by atoms with E-state index < -0.39 is 43.0 Å². The maximum absolute atomic E-state index is 13.7. The molecule has 13 heteroatoms. The Kier molecular flexibility index (Phi) is 8.61. The second-order valence-corrected chi connectivity index (χ2v) is 10.1. The summed E-state index contributed by atoms with van der Waals surface area (Å²) >= 11 is 0. The number of rotatable bonds is 10. The molecular weight excluding hydrogens is 542 g/mol. The molecule has 1 saturated heterocycles. The number of nitrogens with zero attached hydrogens (tertiary/aromatic N) is 6. The minimum Gasteiger partial charge on any atom is -0.508 e. The minimum atomic E-state index is -1.23. The Labute approximate surface area is 242 Å². The van der Waals surface area contributed by atoms with Crippen molar-refractivity contribution < 1.29 is 29.6 Å². The molecule has 220 valence electrons. The van der Waals surface area contributed by atoms with Gasteiger partial charge < -0.3 is 35.0 Å². The SMILES string of the molecule is COc1ccc(CC(N=Cc2ccc(O)cc2)C(=O)N[C@H]2[C@@H](O)[C@H](n3cnc4c(N(C)C)ncnc43)O[C@@H]2CO)cc1. The van der Waals surface area contributed by atoms with E-state index in [0.717, 1.165) is 5.56 Å². The fourth-order valence-corrected chi connectivity index (χ4v) is 4.85. The second-order valence-electron chi connectivity index (χ2n) is 10.1. The van der Waals surface area contributed by atoms with Crippen molar-refractivity contribution in [2.75, 3.05) is 32.7 Å². The molecule has 5 rings (SSSR count). The molecule has 1 aliphatic rings. The highest BCUT2D eigenvalue weighted by Gasteiger charge is 2.46. The number of aliphatic hydroxyl groups excluding tert-OH is 2. The number of amides is 1. The van der Waals surface area contributed by atoms with Crippen LogP contribution in [0.1, 0.15) is 17.4 Å². The fourth-order valence-electron chi connectivity index (χ4n) is 4.85. The Hall–Kier alpha value is -4.59. The van der Waals surface area contributed by atoms with Crippen LogP contribution in [0.4, 0.5) is 5.82 Å². The molecule has 5 atom stereocenters. The number of nitrogens with one attached hydrogen (secondary N) is 1. The number of phenols is 1. The van der Waals surface area contributed by atoms with E-state index >= 15 is 0 Å². The highest BCUT2D eigenvalue weighted by atomic mass is 16.5. The van der Waals surface area contributed by atoms with Crippen LogP contribution in [0.5, 0.6) is 11.5 Å². The van der Waals surface area contributed by atoms with Gasteiger partial charge in [-0.3, -0.25) is 14.4 Å². The van der Waals surface area contributed by atoms with Crippen LogP contribution in [0.3, 0.4) is 0 Å². The second kappa shape index (κ2) is 12.5. The van der Waals surface area contributed by atoms with E-state index in [2.05, 4.69) is 25.3 Å². The summed E-state index contributed by atoms with van der Waals surface area (Å²) in [5, 5.41) is 33.9. The molecule has 3 heterocycles. The van der Waals surface area contributed by atoms with Gasteiger partial charge in [-0.1, -0.05) is 12.1 Å². The summed E-state index contributed by atoms with van der Waals surface area (Å²) in [6.45, 7) is -0.441. The fraction of sp³-hybridized carbons (Fsp3) is 0.345. The van der Waals surface area contributed by atoms with Gasteiger partial charge in [0.15, 0.2) is 23.2 Å². The number of ether oxygens (including phenoxy) is 2. The first-order valence-electron chi connectivity index (χ1n) is 13.3. The first-order valence-corrected chi connectivity index (χ1v) is 13.3. The van der Waals surface area contributed by atoms with Gasteiger partial charge in [0.05, 0.1) is 26.1 Å². The molecule has 0 bridgehead atoms. The third-order valence-electron chi connectivity index (χ3n) is 7.09. The van der Waals surface area contributed by atoms with E-state index in [-0.39, 0.29) is 12.2 Å². The smallest absolute Gasteiger partial charge is 0.245 e. The van der Waals surface area contributed by atoms with Crippen LogP contribution in [0.2, 0.25) is 0 Å². The average molecular weight is 576 g/mol. The van der Waals surface area contributed by atoms with Gasteiger partial charge in [-0.25, -0.2) is 15.0 Å². The molecule has 0 saturated carbocycles. The Morgan fingerprint density at radius 3 is 2.57 bits per heavy atom. The van der Waals surface area contributed by atoms with Gasteiger partial charge in [-0.15, -0.1) is 0 Å². The van der Waals surface area contributed by atoms with E-state index in [1.54, 1.807) is 47.1 Å². The van der Waals surface area contributed by atoms with Crippen LogP contribution in [-0.4, -0.2) is 99.1 Å². The summed E-state index contributed by atoms with van der Waals surface area (Å²) in [6.07, 6.45) is 1.61. The Balaban J connectivity index is 1.39. The number of anilines is 1. The first-order chi connectivity index (χ1) is 20.3. The highest BCUT2D eigenvalue weighted by Crippen LogP contribution is 2.32. The lowest BCUT2D eigenvalue weighted by Crippen LogP contribution is -2.51. The lowest BCUT2D eigenvalue weighted by atomic mass is 10.0. The van der Waals surface area contributed by atoms with Crippen LogP contribution in [-0.2, 0) is 16.0 Å². The topological polar surface area (TPSA) is 167 Å². The number of aliphatic imine (C=N–C) groups is 1. The van der Waals surface area contributed by atoms with Crippen LogP contribution < -0.4 is 15.0 Å². The van der Waals surface area contributed by atoms with E-state index in [1.165, 1.54) is 24.8 Å². The van der Waals surface area contributed by atoms with Gasteiger partial charge in [0.2, 0.25) is 5.91 Å². The molecule has 2 aromatic heterocycles. The minimum absolute atomic E-state index is 0.120. The number of aliphatic hydroxyl groups is 2. The summed E-state index contributed by atoms with van der Waals surface area (Å²) in [7, 11) is 5.25. The molecule has 1 fully saturated rings. The van der Waals surface area contributed by atoms with Crippen molar-refractivity contribution >= 4 is 29.1 Å². The zero-order valence-electron chi connectivity index (χ0n) is 23.4. The van der Waals surface area contributed by atoms with Crippen molar-refractivity contribution in [1.29, 1.82) is 0 Å². The first kappa shape index (κ1) is 28.9. The van der Waals surface area contributed by atoms with Crippen LogP contribution in [0.25, 0.3) is 11.2 Å². The number of hydrogen-bond donors (Lipinski definition) is 4. The van der Waals surface area contributed by atoms with Crippen LogP contribution in [0.15, 0.2) is 66.2 Å². The molecule has 42 heavy (non-hydrogen) atoms. The van der Waals surface area contributed by atoms with Crippen molar-refractivity contribution in [2.24, 2.45) is 4.99 Å². The summed E-state index contributed by atoms with van der Waals surface area (Å²) in [5.41, 5.74) is 2.51. The van der Waals surface area contributed by atoms with Crippen molar-refractivity contribution in [1.82, 2.24) is 24.8 Å². The third kappa shape index (κ3) is 6.03. The summed E-state index contributed by atoms with van der Waals surface area (Å²) in [6, 6.07) is 11.9. The van der Waals surface area contributed by atoms with Crippen molar-refractivity contribution in [3.8, 4) is 11.5 Å². The quantitative estimate of drug-likeness (QED) is 0.201. The highest BCUT2D eigenvalue weighted by molar-refractivity contribution is 5.87. The number of fused-ring (bicyclic) bond motifs is 1. The Bertz CT molecular complexity index is 1540. The zero-order valence-corrected chi connectivity index (χ0v) is 23.4. The van der Waals surface area contributed by atoms with Crippen LogP contribution in [0, 0.1) is 0 Å². The molecule has 1 aliphatic heterocycles. The molecule has 0 radical (unpaired) electrons. The maximum Gasteiger partial charge on any atom is 0.245 e. The molecule has 4 aromatic rings. The number of hydrogen-bond acceptors (Lipinski definition) is 11. The monoisotopic (exact) mass is 575 g/mol. The number of benzene rings is 2. The molecule has 0 spiro atoms. The molecular formula is C29H33N7O6. The summed E-state index contributed by atoms with van der Waals surface area (Å²) in [4.78, 5) is 33.0. The number of aromatic hydroxyl groups is 1. The zero-order chi connectivity index (χ0) is 29.8. The average Bonchev–Trinajstić information content (AvgIpc) is 3.56. The molecule has 4 N–H and O–H groups in total. The number of imidazole rings is 1. The van der Waals surface area contributed by atoms with Gasteiger partial charge in [0.1, 0.15) is 36.1 Å². The molecule has 13 nitrogen and oxygen atoms in total. The van der Waals surface area contributed by atoms with E-state index in [9.17, 15) is 20.1 Å². The number of carbonyl (C=O) groups excluding carboxylic acids is 1. The summed E-state index contributed by atoms with van der Waals surface area (Å²) < 4.78 is 12.8. The molecule has 1 unspecified atom stereocenters. The normalized spacial score (nSPS) is 21.1. The number of aromatic nitrogens is 4. The third-order valence-corrected chi connectivity index (χ3v) is 7.09. The van der Waals surface area contributed by atoms with Crippen molar-refractivity contribution in [3.63, 3.8) is 0 Å². The molecule has 1 amide bonds. The maximum atomic E-state index is 13.7. The van der Waals surface area contributed by atoms with Gasteiger partial charge in [0, 0.05) is 26.7 Å². The van der Waals surface area contributed by atoms with E-state index in [4.69, 9.17) is 9.47 Å². The molecule has 2 aromatic carbocycles. The van der Waals surface area contributed by atoms with Gasteiger partial charge in [-0.2, -0.15) is 0 Å². The van der Waals surface area contributed by atoms with Crippen LogP contribution >= 0.6 is 0 Å². The van der Waals surface area contributed by atoms with Gasteiger partial charge in [0.25, 0.3) is 0 Å². The van der Waals surface area contributed by atoms with Gasteiger partial charge in [-0.05, 0) is 47.5 Å². The Morgan fingerprint density at radius 2 is 1.90 bits per heavy atom. The predicted molar refractivity (Wildman–Crippen MR) is 155 cm³/mol. The van der Waals surface area contributed by atoms with E-state index in [0.29, 0.717) is 28.3 Å². The number of phenolic OH excluding ortho intramolecular Hbond substituents is 1. The number of methoxy groups -OCH3 is 1. The lowest BCUT2D eigenvalue weighted by molar-refractivity contribution is -0.124. The summed E-state index contributed by atoms with van der Waals surface area (Å²) in [5.74, 6) is 0.947. The lowest BCUT2D eigenvalue weighted by Gasteiger charge is -2.23. The standard InChI is InChI=1S/C29H33N7O6/c1-35(2)26-24-27(32-15-31-26)36(16-33-24)29-25(39)23(22(14-37)42-29)34-28(40)21(12-17-6-10-20(41-3)11-7-17)30-13-18-4-8-19(38)9-5-18/h4-11,13,15-16,21-23,25,29,37-39H,12,14H2,1-3H3,(H,34,40)/t21?,22-,23-,25-,29-/m1/s1. The van der Waals surface area contributed by atoms with E-state index in [1.807, 2.05) is 26.2 Å². The Morgan fingerprint density at radius 1 is 1.17 bits per heavy atom. The van der Waals surface area contributed by atoms with Gasteiger partial charge >= 0.3 is 0 Å². The van der Waals surface area contributed by atoms with Crippen molar-refractivity contribution in [3.05, 3.63) is 72.3 Å². The molecule has 0 aliphatic carbocycles. The number of carbonyl (C=O) groups is 1. The largest absolute Gasteiger partial charge is 0.508 e. The predicted octanol–water partition coefficient (Wildman–Crippen LogP) is 1.07. The van der Waals surface area contributed by atoms with Crippen molar-refractivity contribution in [2.45, 2.75) is 36.9 Å².